The molecule has 2 saturated heterocycles. The molecule has 164 valence electrons. The van der Waals surface area contributed by atoms with E-state index in [0.29, 0.717) is 36.6 Å². The first-order valence-electron chi connectivity index (χ1n) is 11.0. The molecule has 1 amide bonds. The number of guanidine groups is 1. The summed E-state index contributed by atoms with van der Waals surface area (Å²) in [5, 5.41) is 3.86. The van der Waals surface area contributed by atoms with Crippen LogP contribution in [0.1, 0.15) is 52.9 Å². The Labute approximate surface area is 191 Å². The normalized spacial score (nSPS) is 34.8. The molecule has 2 aliphatic carbocycles. The maximum absolute atomic E-state index is 12.4. The highest BCUT2D eigenvalue weighted by molar-refractivity contribution is 14.0. The summed E-state index contributed by atoms with van der Waals surface area (Å²) in [4.78, 5) is 21.5. The lowest BCUT2D eigenvalue weighted by Crippen LogP contribution is -2.70. The molecule has 3 aliphatic heterocycles. The Kier molecular flexibility index (Phi) is 5.72. The smallest absolute Gasteiger partial charge is 0.410 e. The van der Waals surface area contributed by atoms with E-state index in [2.05, 4.69) is 10.2 Å². The lowest BCUT2D eigenvalue weighted by atomic mass is 9.54. The zero-order valence-corrected chi connectivity index (χ0v) is 20.2. The van der Waals surface area contributed by atoms with Gasteiger partial charge in [-0.05, 0) is 40.0 Å². The number of carbonyl (C=O) groups excluding carboxylic acids is 1. The van der Waals surface area contributed by atoms with Crippen LogP contribution in [0.25, 0.3) is 0 Å². The van der Waals surface area contributed by atoms with Crippen molar-refractivity contribution in [1.29, 1.82) is 0 Å². The van der Waals surface area contributed by atoms with Crippen molar-refractivity contribution in [2.24, 2.45) is 16.3 Å². The predicted octanol–water partition coefficient (Wildman–Crippen LogP) is 2.83. The molecular formula is C21H35IN4O3. The van der Waals surface area contributed by atoms with E-state index >= 15 is 0 Å². The van der Waals surface area contributed by atoms with Crippen LogP contribution in [0.2, 0.25) is 0 Å². The van der Waals surface area contributed by atoms with Crippen LogP contribution < -0.4 is 5.32 Å². The van der Waals surface area contributed by atoms with E-state index in [1.54, 1.807) is 0 Å². The minimum absolute atomic E-state index is 0. The molecule has 4 fully saturated rings. The maximum Gasteiger partial charge on any atom is 0.410 e. The fourth-order valence-corrected chi connectivity index (χ4v) is 6.24. The van der Waals surface area contributed by atoms with Crippen molar-refractivity contribution in [1.82, 2.24) is 15.1 Å². The van der Waals surface area contributed by atoms with Gasteiger partial charge in [0, 0.05) is 43.6 Å². The number of aliphatic imine (C=N–C) groups is 1. The van der Waals surface area contributed by atoms with Crippen LogP contribution in [0.15, 0.2) is 4.99 Å². The minimum atomic E-state index is -0.452. The van der Waals surface area contributed by atoms with Gasteiger partial charge in [-0.25, -0.2) is 4.79 Å². The molecule has 2 saturated carbocycles. The third-order valence-electron chi connectivity index (χ3n) is 7.43. The van der Waals surface area contributed by atoms with Crippen LogP contribution >= 0.6 is 24.0 Å². The summed E-state index contributed by atoms with van der Waals surface area (Å²) in [6.45, 7) is 9.62. The molecule has 0 aromatic heterocycles. The van der Waals surface area contributed by atoms with Gasteiger partial charge in [0.2, 0.25) is 0 Å². The number of nitrogens with one attached hydrogen (secondary N) is 1. The molecular weight excluding hydrogens is 483 g/mol. The molecule has 0 bridgehead atoms. The summed E-state index contributed by atoms with van der Waals surface area (Å²) in [5.41, 5.74) is -0.118. The molecule has 0 aromatic carbocycles. The number of hydrogen-bond donors (Lipinski definition) is 1. The Bertz CT molecular complexity index is 673. The van der Waals surface area contributed by atoms with Crippen molar-refractivity contribution in [3.8, 4) is 0 Å². The molecule has 7 nitrogen and oxygen atoms in total. The van der Waals surface area contributed by atoms with Gasteiger partial charge in [0.15, 0.2) is 5.96 Å². The Hall–Kier alpha value is -0.770. The monoisotopic (exact) mass is 518 g/mol. The van der Waals surface area contributed by atoms with Crippen LogP contribution in [0.5, 0.6) is 0 Å². The van der Waals surface area contributed by atoms with Gasteiger partial charge in [0.25, 0.3) is 0 Å². The molecule has 29 heavy (non-hydrogen) atoms. The Balaban J connectivity index is 0.00000205. The van der Waals surface area contributed by atoms with Gasteiger partial charge in [-0.3, -0.25) is 4.99 Å². The second-order valence-electron chi connectivity index (χ2n) is 10.2. The number of piperazine rings is 1. The van der Waals surface area contributed by atoms with Crippen LogP contribution in [0, 0.1) is 11.3 Å². The van der Waals surface area contributed by atoms with E-state index < -0.39 is 5.60 Å². The second-order valence-corrected chi connectivity index (χ2v) is 10.2. The first-order valence-corrected chi connectivity index (χ1v) is 11.0. The van der Waals surface area contributed by atoms with Gasteiger partial charge < -0.3 is 24.6 Å². The highest BCUT2D eigenvalue weighted by Crippen LogP contribution is 2.60. The standard InChI is InChI=1S/C21H34N4O3.HI/c1-20(2,3)28-19(26)24-9-10-25-14(13-24)12-22-18(25)23-16-15-6-11-27-17(15)21(16)7-4-5-8-21;/h14-17H,4-13H2,1-3H3,(H,22,23);1H. The minimum Gasteiger partial charge on any atom is -0.444 e. The van der Waals surface area contributed by atoms with Crippen molar-refractivity contribution in [2.75, 3.05) is 32.8 Å². The molecule has 0 aromatic rings. The summed E-state index contributed by atoms with van der Waals surface area (Å²) in [7, 11) is 0. The van der Waals surface area contributed by atoms with Gasteiger partial charge >= 0.3 is 6.09 Å². The molecule has 1 spiro atoms. The van der Waals surface area contributed by atoms with Crippen LogP contribution in [-0.4, -0.2) is 78.4 Å². The van der Waals surface area contributed by atoms with Crippen LogP contribution in [-0.2, 0) is 9.47 Å². The number of hydrogen-bond acceptors (Lipinski definition) is 6. The molecule has 1 N–H and O–H groups in total. The summed E-state index contributed by atoms with van der Waals surface area (Å²) < 4.78 is 11.7. The molecule has 4 unspecified atom stereocenters. The fraction of sp³-hybridized carbons (Fsp3) is 0.905. The largest absolute Gasteiger partial charge is 0.444 e. The van der Waals surface area contributed by atoms with Crippen LogP contribution in [0.3, 0.4) is 0 Å². The van der Waals surface area contributed by atoms with E-state index in [4.69, 9.17) is 14.5 Å². The number of carbonyl (C=O) groups is 1. The van der Waals surface area contributed by atoms with Crippen molar-refractivity contribution in [2.45, 2.75) is 76.7 Å². The molecule has 8 heteroatoms. The van der Waals surface area contributed by atoms with E-state index in [-0.39, 0.29) is 36.1 Å². The van der Waals surface area contributed by atoms with Crippen molar-refractivity contribution >= 4 is 36.0 Å². The number of nitrogens with zero attached hydrogens (tertiary/aromatic N) is 3. The summed E-state index contributed by atoms with van der Waals surface area (Å²) >= 11 is 0. The number of ether oxygens (including phenoxy) is 2. The average molecular weight is 518 g/mol. The third-order valence-corrected chi connectivity index (χ3v) is 7.43. The molecule has 4 atom stereocenters. The average Bonchev–Trinajstić information content (AvgIpc) is 3.36. The van der Waals surface area contributed by atoms with E-state index in [9.17, 15) is 4.79 Å². The summed E-state index contributed by atoms with van der Waals surface area (Å²) in [5.74, 6) is 1.69. The number of rotatable bonds is 1. The molecule has 0 radical (unpaired) electrons. The first-order chi connectivity index (χ1) is 13.4. The maximum atomic E-state index is 12.4. The number of halogens is 1. The predicted molar refractivity (Wildman–Crippen MR) is 122 cm³/mol. The van der Waals surface area contributed by atoms with Crippen molar-refractivity contribution in [3.63, 3.8) is 0 Å². The molecule has 5 aliphatic rings. The lowest BCUT2D eigenvalue weighted by molar-refractivity contribution is -0.125. The van der Waals surface area contributed by atoms with Gasteiger partial charge in [0.1, 0.15) is 5.60 Å². The quantitative estimate of drug-likeness (QED) is 0.541. The fourth-order valence-electron chi connectivity index (χ4n) is 6.24. The van der Waals surface area contributed by atoms with E-state index in [0.717, 1.165) is 25.7 Å². The summed E-state index contributed by atoms with van der Waals surface area (Å²) in [6.07, 6.45) is 6.66. The van der Waals surface area contributed by atoms with E-state index in [1.807, 2.05) is 25.7 Å². The first kappa shape index (κ1) is 21.5. The van der Waals surface area contributed by atoms with E-state index in [1.165, 1.54) is 32.1 Å². The van der Waals surface area contributed by atoms with Crippen LogP contribution in [0.4, 0.5) is 4.79 Å². The highest BCUT2D eigenvalue weighted by atomic mass is 127. The Morgan fingerprint density at radius 3 is 2.76 bits per heavy atom. The number of fused-ring (bicyclic) bond motifs is 3. The second kappa shape index (κ2) is 7.73. The zero-order valence-electron chi connectivity index (χ0n) is 17.9. The zero-order chi connectivity index (χ0) is 19.5. The van der Waals surface area contributed by atoms with Crippen molar-refractivity contribution in [3.05, 3.63) is 0 Å². The summed E-state index contributed by atoms with van der Waals surface area (Å²) in [6, 6.07) is 0.767. The van der Waals surface area contributed by atoms with Gasteiger partial charge in [-0.1, -0.05) is 12.8 Å². The third kappa shape index (κ3) is 3.62. The van der Waals surface area contributed by atoms with Crippen molar-refractivity contribution < 1.29 is 14.3 Å². The number of amides is 1. The van der Waals surface area contributed by atoms with Gasteiger partial charge in [-0.15, -0.1) is 24.0 Å². The topological polar surface area (TPSA) is 66.4 Å². The Morgan fingerprint density at radius 1 is 1.28 bits per heavy atom. The molecule has 3 heterocycles. The SMILES string of the molecule is CC(C)(C)OC(=O)N1CCN2C(NC3C4CCOC4C34CCCC4)=NCC2C1.I. The highest BCUT2D eigenvalue weighted by Gasteiger charge is 2.65. The van der Waals surface area contributed by atoms with Gasteiger partial charge in [0.05, 0.1) is 18.7 Å². The Morgan fingerprint density at radius 2 is 2.03 bits per heavy atom. The van der Waals surface area contributed by atoms with Gasteiger partial charge in [-0.2, -0.15) is 0 Å². The molecule has 5 rings (SSSR count). The lowest BCUT2D eigenvalue weighted by Gasteiger charge is -2.57.